The van der Waals surface area contributed by atoms with E-state index in [0.717, 1.165) is 6.54 Å². The summed E-state index contributed by atoms with van der Waals surface area (Å²) in [6.07, 6.45) is 2.61. The zero-order valence-electron chi connectivity index (χ0n) is 9.44. The third-order valence-corrected chi connectivity index (χ3v) is 3.84. The van der Waals surface area contributed by atoms with Crippen LogP contribution in [-0.2, 0) is 0 Å². The van der Waals surface area contributed by atoms with Gasteiger partial charge in [-0.25, -0.2) is 0 Å². The fraction of sp³-hybridized carbons (Fsp3) is 0.538. The van der Waals surface area contributed by atoms with Gasteiger partial charge in [0.1, 0.15) is 0 Å². The summed E-state index contributed by atoms with van der Waals surface area (Å²) in [5.74, 6) is 0.689. The molecular weight excluding hydrogens is 250 g/mol. The third kappa shape index (κ3) is 2.43. The quantitative estimate of drug-likeness (QED) is 0.821. The van der Waals surface area contributed by atoms with E-state index < -0.39 is 0 Å². The minimum atomic E-state index is 0.689. The average Bonchev–Trinajstić information content (AvgIpc) is 2.17. The van der Waals surface area contributed by atoms with E-state index in [1.54, 1.807) is 0 Å². The molecule has 2 heteroatoms. The second-order valence-electron chi connectivity index (χ2n) is 4.52. The molecule has 1 aliphatic heterocycles. The number of nitrogens with one attached hydrogen (secondary N) is 1. The Morgan fingerprint density at radius 1 is 1.33 bits per heavy atom. The number of aryl methyl sites for hydroxylation is 2. The Morgan fingerprint density at radius 2 is 2.13 bits per heavy atom. The summed E-state index contributed by atoms with van der Waals surface area (Å²) in [7, 11) is 0. The molecule has 15 heavy (non-hydrogen) atoms. The van der Waals surface area contributed by atoms with Gasteiger partial charge in [-0.2, -0.15) is 0 Å². The van der Waals surface area contributed by atoms with Crippen molar-refractivity contribution >= 4 is 15.9 Å². The van der Waals surface area contributed by atoms with Crippen LogP contribution in [0.4, 0.5) is 0 Å². The number of halogens is 1. The molecule has 1 unspecified atom stereocenters. The van der Waals surface area contributed by atoms with E-state index in [2.05, 4.69) is 47.2 Å². The van der Waals surface area contributed by atoms with Gasteiger partial charge in [-0.1, -0.05) is 22.0 Å². The van der Waals surface area contributed by atoms with Crippen LogP contribution >= 0.6 is 15.9 Å². The van der Waals surface area contributed by atoms with Gasteiger partial charge in [-0.3, -0.25) is 0 Å². The molecular formula is C13H18BrN. The molecule has 2 rings (SSSR count). The Hall–Kier alpha value is -0.340. The molecule has 1 aromatic carbocycles. The van der Waals surface area contributed by atoms with Crippen molar-refractivity contribution in [1.29, 1.82) is 0 Å². The summed E-state index contributed by atoms with van der Waals surface area (Å²) in [4.78, 5) is 0. The van der Waals surface area contributed by atoms with Gasteiger partial charge in [0, 0.05) is 11.0 Å². The highest BCUT2D eigenvalue weighted by atomic mass is 79.9. The average molecular weight is 268 g/mol. The van der Waals surface area contributed by atoms with E-state index in [1.165, 1.54) is 40.5 Å². The molecule has 0 spiro atoms. The van der Waals surface area contributed by atoms with Crippen molar-refractivity contribution < 1.29 is 0 Å². The first-order chi connectivity index (χ1) is 7.18. The van der Waals surface area contributed by atoms with Crippen LogP contribution in [0.3, 0.4) is 0 Å². The van der Waals surface area contributed by atoms with Gasteiger partial charge < -0.3 is 5.32 Å². The zero-order valence-corrected chi connectivity index (χ0v) is 11.0. The van der Waals surface area contributed by atoms with E-state index in [0.29, 0.717) is 5.92 Å². The van der Waals surface area contributed by atoms with Crippen molar-refractivity contribution in [3.8, 4) is 0 Å². The molecule has 0 amide bonds. The number of hydrogen-bond acceptors (Lipinski definition) is 1. The Morgan fingerprint density at radius 3 is 2.73 bits per heavy atom. The summed E-state index contributed by atoms with van der Waals surface area (Å²) in [6.45, 7) is 6.68. The van der Waals surface area contributed by atoms with Crippen molar-refractivity contribution in [2.45, 2.75) is 32.6 Å². The maximum atomic E-state index is 3.71. The van der Waals surface area contributed by atoms with Gasteiger partial charge in [0.2, 0.25) is 0 Å². The van der Waals surface area contributed by atoms with Crippen LogP contribution in [0.1, 0.15) is 35.4 Å². The van der Waals surface area contributed by atoms with Crippen molar-refractivity contribution in [1.82, 2.24) is 5.32 Å². The highest BCUT2D eigenvalue weighted by Crippen LogP contribution is 2.33. The normalized spacial score (nSPS) is 21.7. The highest BCUT2D eigenvalue weighted by Gasteiger charge is 2.19. The Bertz CT molecular complexity index is 331. The molecule has 1 aromatic rings. The summed E-state index contributed by atoms with van der Waals surface area (Å²) >= 11 is 3.71. The van der Waals surface area contributed by atoms with Crippen LogP contribution in [0, 0.1) is 13.8 Å². The topological polar surface area (TPSA) is 12.0 Å². The van der Waals surface area contributed by atoms with Crippen LogP contribution in [0.25, 0.3) is 0 Å². The Balaban J connectivity index is 2.33. The fourth-order valence-electron chi connectivity index (χ4n) is 2.54. The van der Waals surface area contributed by atoms with Gasteiger partial charge in [0.15, 0.2) is 0 Å². The van der Waals surface area contributed by atoms with Crippen molar-refractivity contribution in [2.24, 2.45) is 0 Å². The van der Waals surface area contributed by atoms with Crippen LogP contribution in [-0.4, -0.2) is 13.1 Å². The second kappa shape index (κ2) is 4.67. The lowest BCUT2D eigenvalue weighted by Gasteiger charge is -2.26. The van der Waals surface area contributed by atoms with Crippen LogP contribution in [0.5, 0.6) is 0 Å². The summed E-state index contributed by atoms with van der Waals surface area (Å²) in [5.41, 5.74) is 4.27. The first kappa shape index (κ1) is 11.2. The molecule has 0 aliphatic carbocycles. The van der Waals surface area contributed by atoms with Crippen LogP contribution < -0.4 is 5.32 Å². The maximum Gasteiger partial charge on any atom is 0.0215 e. The smallest absolute Gasteiger partial charge is 0.0215 e. The first-order valence-electron chi connectivity index (χ1n) is 5.66. The van der Waals surface area contributed by atoms with Crippen molar-refractivity contribution in [2.75, 3.05) is 13.1 Å². The van der Waals surface area contributed by atoms with Crippen LogP contribution in [0.2, 0.25) is 0 Å². The fourth-order valence-corrected chi connectivity index (χ4v) is 3.54. The van der Waals surface area contributed by atoms with E-state index in [4.69, 9.17) is 0 Å². The summed E-state index contributed by atoms with van der Waals surface area (Å²) < 4.78 is 1.29. The second-order valence-corrected chi connectivity index (χ2v) is 5.37. The first-order valence-corrected chi connectivity index (χ1v) is 6.45. The lowest BCUT2D eigenvalue weighted by Crippen LogP contribution is -2.29. The monoisotopic (exact) mass is 267 g/mol. The van der Waals surface area contributed by atoms with Crippen LogP contribution in [0.15, 0.2) is 16.6 Å². The van der Waals surface area contributed by atoms with E-state index in [9.17, 15) is 0 Å². The Labute approximate surface area is 100 Å². The van der Waals surface area contributed by atoms with E-state index in [-0.39, 0.29) is 0 Å². The van der Waals surface area contributed by atoms with E-state index >= 15 is 0 Å². The summed E-state index contributed by atoms with van der Waals surface area (Å²) in [5, 5.41) is 3.48. The molecule has 1 saturated heterocycles. The largest absolute Gasteiger partial charge is 0.316 e. The number of piperidine rings is 1. The van der Waals surface area contributed by atoms with Crippen molar-refractivity contribution in [3.05, 3.63) is 33.3 Å². The third-order valence-electron chi connectivity index (χ3n) is 3.19. The van der Waals surface area contributed by atoms with Gasteiger partial charge >= 0.3 is 0 Å². The molecule has 0 radical (unpaired) electrons. The van der Waals surface area contributed by atoms with E-state index in [1.807, 2.05) is 0 Å². The molecule has 0 saturated carbocycles. The van der Waals surface area contributed by atoms with Crippen molar-refractivity contribution in [3.63, 3.8) is 0 Å². The number of benzene rings is 1. The van der Waals surface area contributed by atoms with Gasteiger partial charge in [0.25, 0.3) is 0 Å². The minimum Gasteiger partial charge on any atom is -0.316 e. The molecule has 1 heterocycles. The standard InChI is InChI=1S/C13H18BrN/c1-9-6-10(2)13(12(14)7-9)11-4-3-5-15-8-11/h6-7,11,15H,3-5,8H2,1-2H3. The summed E-state index contributed by atoms with van der Waals surface area (Å²) in [6, 6.07) is 4.52. The molecule has 0 aromatic heterocycles. The molecule has 1 atom stereocenters. The number of rotatable bonds is 1. The van der Waals surface area contributed by atoms with Gasteiger partial charge in [0.05, 0.1) is 0 Å². The predicted molar refractivity (Wildman–Crippen MR) is 68.5 cm³/mol. The molecule has 1 N–H and O–H groups in total. The molecule has 82 valence electrons. The molecule has 1 nitrogen and oxygen atoms in total. The number of hydrogen-bond donors (Lipinski definition) is 1. The van der Waals surface area contributed by atoms with Gasteiger partial charge in [-0.05, 0) is 61.9 Å². The molecule has 1 fully saturated rings. The maximum absolute atomic E-state index is 3.71. The zero-order chi connectivity index (χ0) is 10.8. The molecule has 1 aliphatic rings. The highest BCUT2D eigenvalue weighted by molar-refractivity contribution is 9.10. The molecule has 0 bridgehead atoms. The minimum absolute atomic E-state index is 0.689. The van der Waals surface area contributed by atoms with Gasteiger partial charge in [-0.15, -0.1) is 0 Å². The SMILES string of the molecule is Cc1cc(C)c(C2CCCNC2)c(Br)c1. The lowest BCUT2D eigenvalue weighted by atomic mass is 9.88. The Kier molecular flexibility index (Phi) is 3.47. The lowest BCUT2D eigenvalue weighted by molar-refractivity contribution is 0.459. The predicted octanol–water partition coefficient (Wildman–Crippen LogP) is 3.53.